The molecule has 3 nitrogen and oxygen atoms in total. The molecule has 2 rings (SSSR count). The summed E-state index contributed by atoms with van der Waals surface area (Å²) < 4.78 is 11.0. The van der Waals surface area contributed by atoms with Gasteiger partial charge in [0.15, 0.2) is 11.5 Å². The third-order valence-corrected chi connectivity index (χ3v) is 3.42. The molecule has 2 aromatic rings. The van der Waals surface area contributed by atoms with Gasteiger partial charge in [-0.25, -0.2) is 0 Å². The average Bonchev–Trinajstić information content (AvgIpc) is 2.55. The number of para-hydroxylation sites is 2. The summed E-state index contributed by atoms with van der Waals surface area (Å²) in [6.45, 7) is 4.48. The molecule has 0 heterocycles. The van der Waals surface area contributed by atoms with Crippen LogP contribution in [0.1, 0.15) is 18.1 Å². The highest BCUT2D eigenvalue weighted by atomic mass is 16.5. The smallest absolute Gasteiger partial charge is 0.161 e. The first-order valence-electron chi connectivity index (χ1n) is 7.38. The molecule has 0 spiro atoms. The molecular formula is C18H23NO2. The van der Waals surface area contributed by atoms with Crippen molar-refractivity contribution in [2.75, 3.05) is 20.3 Å². The minimum Gasteiger partial charge on any atom is -0.493 e. The Morgan fingerprint density at radius 1 is 0.905 bits per heavy atom. The fourth-order valence-corrected chi connectivity index (χ4v) is 2.27. The van der Waals surface area contributed by atoms with E-state index >= 15 is 0 Å². The summed E-state index contributed by atoms with van der Waals surface area (Å²) >= 11 is 0. The van der Waals surface area contributed by atoms with Crippen LogP contribution in [0.2, 0.25) is 0 Å². The van der Waals surface area contributed by atoms with E-state index in [1.807, 2.05) is 24.3 Å². The molecule has 0 saturated carbocycles. The Hall–Kier alpha value is -2.00. The third-order valence-electron chi connectivity index (χ3n) is 3.42. The second-order valence-electron chi connectivity index (χ2n) is 4.80. The van der Waals surface area contributed by atoms with Gasteiger partial charge in [0.1, 0.15) is 6.61 Å². The first-order chi connectivity index (χ1) is 10.3. The van der Waals surface area contributed by atoms with Gasteiger partial charge in [0.25, 0.3) is 0 Å². The van der Waals surface area contributed by atoms with Crippen molar-refractivity contribution in [3.8, 4) is 11.5 Å². The molecule has 21 heavy (non-hydrogen) atoms. The Bertz CT molecular complexity index is 505. The van der Waals surface area contributed by atoms with Gasteiger partial charge in [0.2, 0.25) is 0 Å². The highest BCUT2D eigenvalue weighted by Gasteiger charge is 2.02. The third kappa shape index (κ3) is 4.50. The minimum absolute atomic E-state index is 0.620. The molecule has 3 heteroatoms. The summed E-state index contributed by atoms with van der Waals surface area (Å²) in [7, 11) is 1.65. The molecule has 2 aromatic carbocycles. The largest absolute Gasteiger partial charge is 0.493 e. The highest BCUT2D eigenvalue weighted by Crippen LogP contribution is 2.25. The number of aryl methyl sites for hydroxylation is 1. The predicted molar refractivity (Wildman–Crippen MR) is 86.0 cm³/mol. The van der Waals surface area contributed by atoms with Crippen LogP contribution in [0.15, 0.2) is 48.5 Å². The van der Waals surface area contributed by atoms with Crippen molar-refractivity contribution in [3.63, 3.8) is 0 Å². The first-order valence-corrected chi connectivity index (χ1v) is 7.38. The Morgan fingerprint density at radius 3 is 2.29 bits per heavy atom. The highest BCUT2D eigenvalue weighted by molar-refractivity contribution is 5.39. The van der Waals surface area contributed by atoms with Crippen molar-refractivity contribution in [3.05, 3.63) is 59.7 Å². The number of rotatable bonds is 8. The van der Waals surface area contributed by atoms with Crippen LogP contribution in [0.5, 0.6) is 11.5 Å². The number of ether oxygens (including phenoxy) is 2. The van der Waals surface area contributed by atoms with Crippen LogP contribution in [0, 0.1) is 0 Å². The van der Waals surface area contributed by atoms with Crippen LogP contribution < -0.4 is 14.8 Å². The van der Waals surface area contributed by atoms with Gasteiger partial charge in [-0.05, 0) is 29.7 Å². The lowest BCUT2D eigenvalue weighted by Crippen LogP contribution is -2.21. The number of nitrogens with one attached hydrogen (secondary N) is 1. The molecule has 112 valence electrons. The Morgan fingerprint density at radius 2 is 1.57 bits per heavy atom. The molecule has 0 saturated heterocycles. The summed E-state index contributed by atoms with van der Waals surface area (Å²) in [5.74, 6) is 1.56. The Kier molecular flexibility index (Phi) is 6.10. The summed E-state index contributed by atoms with van der Waals surface area (Å²) in [5.41, 5.74) is 2.76. The van der Waals surface area contributed by atoms with E-state index < -0.39 is 0 Å². The molecule has 0 fully saturated rings. The second-order valence-corrected chi connectivity index (χ2v) is 4.80. The molecule has 0 bridgehead atoms. The Balaban J connectivity index is 1.75. The minimum atomic E-state index is 0.620. The van der Waals surface area contributed by atoms with Crippen LogP contribution in [0.3, 0.4) is 0 Å². The SMILES string of the molecule is CCc1ccccc1CNCCOc1ccccc1OC. The van der Waals surface area contributed by atoms with Crippen LogP contribution in [-0.2, 0) is 13.0 Å². The quantitative estimate of drug-likeness (QED) is 0.754. The molecule has 0 radical (unpaired) electrons. The van der Waals surface area contributed by atoms with Gasteiger partial charge < -0.3 is 14.8 Å². The molecule has 0 atom stereocenters. The van der Waals surface area contributed by atoms with E-state index in [1.165, 1.54) is 11.1 Å². The van der Waals surface area contributed by atoms with Crippen molar-refractivity contribution in [1.29, 1.82) is 0 Å². The summed E-state index contributed by atoms with van der Waals surface area (Å²) in [5, 5.41) is 3.42. The standard InChI is InChI=1S/C18H23NO2/c1-3-15-8-4-5-9-16(15)14-19-12-13-21-18-11-7-6-10-17(18)20-2/h4-11,19H,3,12-14H2,1-2H3. The van der Waals surface area contributed by atoms with E-state index in [4.69, 9.17) is 9.47 Å². The normalized spacial score (nSPS) is 10.4. The number of hydrogen-bond donors (Lipinski definition) is 1. The molecule has 0 aliphatic carbocycles. The molecule has 0 amide bonds. The fourth-order valence-electron chi connectivity index (χ4n) is 2.27. The van der Waals surface area contributed by atoms with Gasteiger partial charge in [-0.3, -0.25) is 0 Å². The average molecular weight is 285 g/mol. The summed E-state index contributed by atoms with van der Waals surface area (Å²) in [6, 6.07) is 16.2. The topological polar surface area (TPSA) is 30.5 Å². The zero-order chi connectivity index (χ0) is 14.9. The van der Waals surface area contributed by atoms with Crippen molar-refractivity contribution in [2.45, 2.75) is 19.9 Å². The molecule has 1 N–H and O–H groups in total. The van der Waals surface area contributed by atoms with Crippen molar-refractivity contribution < 1.29 is 9.47 Å². The van der Waals surface area contributed by atoms with E-state index in [0.29, 0.717) is 6.61 Å². The predicted octanol–water partition coefficient (Wildman–Crippen LogP) is 3.43. The molecule has 0 aliphatic rings. The lowest BCUT2D eigenvalue weighted by atomic mass is 10.1. The zero-order valence-electron chi connectivity index (χ0n) is 12.8. The Labute approximate surface area is 126 Å². The van der Waals surface area contributed by atoms with Gasteiger partial charge in [-0.1, -0.05) is 43.3 Å². The summed E-state index contributed by atoms with van der Waals surface area (Å²) in [6.07, 6.45) is 1.07. The fraction of sp³-hybridized carbons (Fsp3) is 0.333. The first kappa shape index (κ1) is 15.4. The van der Waals surface area contributed by atoms with Gasteiger partial charge in [0, 0.05) is 13.1 Å². The van der Waals surface area contributed by atoms with Crippen molar-refractivity contribution in [1.82, 2.24) is 5.32 Å². The molecule has 0 unspecified atom stereocenters. The molecular weight excluding hydrogens is 262 g/mol. The van der Waals surface area contributed by atoms with Crippen LogP contribution >= 0.6 is 0 Å². The van der Waals surface area contributed by atoms with E-state index in [-0.39, 0.29) is 0 Å². The van der Waals surface area contributed by atoms with Gasteiger partial charge in [0.05, 0.1) is 7.11 Å². The monoisotopic (exact) mass is 285 g/mol. The summed E-state index contributed by atoms with van der Waals surface area (Å²) in [4.78, 5) is 0. The number of hydrogen-bond acceptors (Lipinski definition) is 3. The lowest BCUT2D eigenvalue weighted by molar-refractivity contribution is 0.292. The number of methoxy groups -OCH3 is 1. The maximum absolute atomic E-state index is 5.74. The van der Waals surface area contributed by atoms with E-state index in [1.54, 1.807) is 7.11 Å². The van der Waals surface area contributed by atoms with Crippen LogP contribution in [-0.4, -0.2) is 20.3 Å². The van der Waals surface area contributed by atoms with Gasteiger partial charge >= 0.3 is 0 Å². The molecule has 0 aromatic heterocycles. The second kappa shape index (κ2) is 8.32. The van der Waals surface area contributed by atoms with Gasteiger partial charge in [-0.2, -0.15) is 0 Å². The van der Waals surface area contributed by atoms with Gasteiger partial charge in [-0.15, -0.1) is 0 Å². The van der Waals surface area contributed by atoms with Crippen LogP contribution in [0.4, 0.5) is 0 Å². The lowest BCUT2D eigenvalue weighted by Gasteiger charge is -2.12. The maximum atomic E-state index is 5.74. The van der Waals surface area contributed by atoms with Crippen molar-refractivity contribution in [2.24, 2.45) is 0 Å². The number of benzene rings is 2. The van der Waals surface area contributed by atoms with Crippen LogP contribution in [0.25, 0.3) is 0 Å². The van der Waals surface area contributed by atoms with E-state index in [0.717, 1.165) is 31.0 Å². The van der Waals surface area contributed by atoms with Crippen molar-refractivity contribution >= 4 is 0 Å². The maximum Gasteiger partial charge on any atom is 0.161 e. The van der Waals surface area contributed by atoms with E-state index in [2.05, 4.69) is 36.5 Å². The zero-order valence-corrected chi connectivity index (χ0v) is 12.8. The van der Waals surface area contributed by atoms with E-state index in [9.17, 15) is 0 Å². The molecule has 0 aliphatic heterocycles.